The molecule has 1 fully saturated rings. The van der Waals surface area contributed by atoms with Crippen LogP contribution in [0.2, 0.25) is 0 Å². The normalized spacial score (nSPS) is 17.8. The number of aromatic nitrogens is 2. The van der Waals surface area contributed by atoms with Crippen molar-refractivity contribution in [1.82, 2.24) is 14.9 Å². The fourth-order valence-corrected chi connectivity index (χ4v) is 2.97. The molecule has 24 heavy (non-hydrogen) atoms. The third-order valence-corrected chi connectivity index (χ3v) is 4.14. The molecule has 0 spiro atoms. The van der Waals surface area contributed by atoms with E-state index in [1.807, 2.05) is 0 Å². The van der Waals surface area contributed by atoms with E-state index in [9.17, 15) is 0 Å². The summed E-state index contributed by atoms with van der Waals surface area (Å²) in [6.45, 7) is 4.32. The van der Waals surface area contributed by atoms with Gasteiger partial charge in [-0.05, 0) is 24.4 Å². The number of likely N-dealkylation sites (tertiary alicyclic amines) is 1. The molecule has 0 bridgehead atoms. The van der Waals surface area contributed by atoms with Crippen LogP contribution in [0.25, 0.3) is 0 Å². The maximum absolute atomic E-state index is 8.78. The molecule has 2 aromatic rings. The summed E-state index contributed by atoms with van der Waals surface area (Å²) in [5.74, 6) is 1.76. The molecule has 6 nitrogen and oxygen atoms in total. The Hall–Kier alpha value is -2.18. The average molecular weight is 328 g/mol. The third kappa shape index (κ3) is 4.91. The van der Waals surface area contributed by atoms with Crippen LogP contribution in [-0.2, 0) is 6.54 Å². The Morgan fingerprint density at radius 3 is 2.96 bits per heavy atom. The Morgan fingerprint density at radius 1 is 1.25 bits per heavy atom. The van der Waals surface area contributed by atoms with Crippen molar-refractivity contribution < 1.29 is 9.84 Å². The van der Waals surface area contributed by atoms with Crippen molar-refractivity contribution in [3.63, 3.8) is 0 Å². The Kier molecular flexibility index (Phi) is 5.98. The molecule has 128 valence electrons. The van der Waals surface area contributed by atoms with Gasteiger partial charge in [-0.1, -0.05) is 30.3 Å². The maximum atomic E-state index is 8.78. The number of hydrogen-bond donors (Lipinski definition) is 2. The van der Waals surface area contributed by atoms with Crippen LogP contribution in [0.3, 0.4) is 0 Å². The number of rotatable bonds is 8. The minimum atomic E-state index is -0.0291. The second kappa shape index (κ2) is 8.61. The first-order valence-corrected chi connectivity index (χ1v) is 8.39. The van der Waals surface area contributed by atoms with Crippen LogP contribution in [0.15, 0.2) is 42.7 Å². The van der Waals surface area contributed by atoms with Gasteiger partial charge in [0.05, 0.1) is 19.0 Å². The van der Waals surface area contributed by atoms with Crippen LogP contribution in [0.1, 0.15) is 12.0 Å². The van der Waals surface area contributed by atoms with E-state index in [0.717, 1.165) is 26.2 Å². The summed E-state index contributed by atoms with van der Waals surface area (Å²) in [5, 5.41) is 12.1. The molecule has 0 aliphatic carbocycles. The van der Waals surface area contributed by atoms with Gasteiger partial charge in [-0.15, -0.1) is 0 Å². The zero-order chi connectivity index (χ0) is 16.6. The van der Waals surface area contributed by atoms with Gasteiger partial charge in [0.25, 0.3) is 0 Å². The molecule has 0 saturated carbocycles. The van der Waals surface area contributed by atoms with E-state index in [2.05, 4.69) is 50.5 Å². The van der Waals surface area contributed by atoms with Gasteiger partial charge in [0.1, 0.15) is 12.4 Å². The topological polar surface area (TPSA) is 70.5 Å². The van der Waals surface area contributed by atoms with Crippen molar-refractivity contribution in [1.29, 1.82) is 0 Å². The molecule has 1 aromatic carbocycles. The Bertz CT molecular complexity index is 623. The van der Waals surface area contributed by atoms with Gasteiger partial charge >= 0.3 is 0 Å². The standard InChI is InChI=1S/C18H24N4O2/c23-8-9-24-18-12-19-11-17(21-18)20-10-16-6-7-22(14-16)13-15-4-2-1-3-5-15/h1-5,11-12,16,23H,6-10,13-14H2,(H,20,21). The Morgan fingerprint density at radius 2 is 2.12 bits per heavy atom. The molecule has 1 saturated heterocycles. The first kappa shape index (κ1) is 16.7. The molecule has 6 heteroatoms. The lowest BCUT2D eigenvalue weighted by Crippen LogP contribution is -2.22. The Balaban J connectivity index is 1.44. The van der Waals surface area contributed by atoms with Crippen molar-refractivity contribution in [2.24, 2.45) is 5.92 Å². The lowest BCUT2D eigenvalue weighted by atomic mass is 10.1. The largest absolute Gasteiger partial charge is 0.474 e. The van der Waals surface area contributed by atoms with Gasteiger partial charge in [0.2, 0.25) is 5.88 Å². The Labute approximate surface area is 142 Å². The van der Waals surface area contributed by atoms with Crippen LogP contribution in [0, 0.1) is 5.92 Å². The monoisotopic (exact) mass is 328 g/mol. The van der Waals surface area contributed by atoms with Crippen molar-refractivity contribution in [2.75, 3.05) is 38.2 Å². The summed E-state index contributed by atoms with van der Waals surface area (Å²) in [6, 6.07) is 10.6. The van der Waals surface area contributed by atoms with Crippen molar-refractivity contribution in [2.45, 2.75) is 13.0 Å². The van der Waals surface area contributed by atoms with E-state index in [4.69, 9.17) is 9.84 Å². The van der Waals surface area contributed by atoms with Crippen molar-refractivity contribution >= 4 is 5.82 Å². The molecule has 2 N–H and O–H groups in total. The highest BCUT2D eigenvalue weighted by molar-refractivity contribution is 5.33. The summed E-state index contributed by atoms with van der Waals surface area (Å²) >= 11 is 0. The predicted molar refractivity (Wildman–Crippen MR) is 92.9 cm³/mol. The maximum Gasteiger partial charge on any atom is 0.234 e. The zero-order valence-corrected chi connectivity index (χ0v) is 13.8. The number of benzene rings is 1. The molecule has 2 heterocycles. The predicted octanol–water partition coefficient (Wildman–Crippen LogP) is 1.78. The third-order valence-electron chi connectivity index (χ3n) is 4.14. The summed E-state index contributed by atoms with van der Waals surface area (Å²) in [4.78, 5) is 10.9. The number of hydrogen-bond acceptors (Lipinski definition) is 6. The first-order valence-electron chi connectivity index (χ1n) is 8.39. The van der Waals surface area contributed by atoms with Crippen LogP contribution in [0.5, 0.6) is 5.88 Å². The number of ether oxygens (including phenoxy) is 1. The zero-order valence-electron chi connectivity index (χ0n) is 13.8. The molecule has 1 aromatic heterocycles. The second-order valence-electron chi connectivity index (χ2n) is 6.07. The number of nitrogens with zero attached hydrogens (tertiary/aromatic N) is 3. The molecule has 0 amide bonds. The first-order chi connectivity index (χ1) is 11.8. The average Bonchev–Trinajstić information content (AvgIpc) is 3.07. The summed E-state index contributed by atoms with van der Waals surface area (Å²) in [5.41, 5.74) is 1.37. The van der Waals surface area contributed by atoms with E-state index < -0.39 is 0 Å². The van der Waals surface area contributed by atoms with Crippen LogP contribution in [0.4, 0.5) is 5.82 Å². The molecule has 1 aliphatic rings. The van der Waals surface area contributed by atoms with Crippen LogP contribution < -0.4 is 10.1 Å². The van der Waals surface area contributed by atoms with E-state index in [1.165, 1.54) is 12.0 Å². The molecule has 0 radical (unpaired) electrons. The molecular formula is C18H24N4O2. The molecule has 3 rings (SSSR count). The van der Waals surface area contributed by atoms with Crippen LogP contribution >= 0.6 is 0 Å². The molecular weight excluding hydrogens is 304 g/mol. The minimum Gasteiger partial charge on any atom is -0.474 e. The fourth-order valence-electron chi connectivity index (χ4n) is 2.97. The molecule has 1 atom stereocenters. The number of aliphatic hydroxyl groups excluding tert-OH is 1. The van der Waals surface area contributed by atoms with Gasteiger partial charge < -0.3 is 15.2 Å². The van der Waals surface area contributed by atoms with Gasteiger partial charge in [-0.2, -0.15) is 4.98 Å². The lowest BCUT2D eigenvalue weighted by Gasteiger charge is -2.16. The molecule has 1 unspecified atom stereocenters. The van der Waals surface area contributed by atoms with E-state index in [0.29, 0.717) is 17.6 Å². The van der Waals surface area contributed by atoms with E-state index in [1.54, 1.807) is 12.4 Å². The SMILES string of the molecule is OCCOc1cncc(NCC2CCN(Cc3ccccc3)C2)n1. The van der Waals surface area contributed by atoms with Gasteiger partial charge in [-0.25, -0.2) is 0 Å². The highest BCUT2D eigenvalue weighted by atomic mass is 16.5. The van der Waals surface area contributed by atoms with Crippen molar-refractivity contribution in [3.8, 4) is 5.88 Å². The molecule has 1 aliphatic heterocycles. The quantitative estimate of drug-likeness (QED) is 0.770. The van der Waals surface area contributed by atoms with Gasteiger partial charge in [0, 0.05) is 19.6 Å². The highest BCUT2D eigenvalue weighted by Gasteiger charge is 2.22. The van der Waals surface area contributed by atoms with Gasteiger partial charge in [0.15, 0.2) is 0 Å². The number of anilines is 1. The highest BCUT2D eigenvalue weighted by Crippen LogP contribution is 2.19. The van der Waals surface area contributed by atoms with Crippen molar-refractivity contribution in [3.05, 3.63) is 48.3 Å². The summed E-state index contributed by atoms with van der Waals surface area (Å²) in [6.07, 6.45) is 4.44. The number of aliphatic hydroxyl groups is 1. The van der Waals surface area contributed by atoms with E-state index >= 15 is 0 Å². The smallest absolute Gasteiger partial charge is 0.234 e. The van der Waals surface area contributed by atoms with E-state index in [-0.39, 0.29) is 13.2 Å². The second-order valence-corrected chi connectivity index (χ2v) is 6.07. The van der Waals surface area contributed by atoms with Crippen LogP contribution in [-0.4, -0.2) is 52.8 Å². The lowest BCUT2D eigenvalue weighted by molar-refractivity contribution is 0.196. The summed E-state index contributed by atoms with van der Waals surface area (Å²) in [7, 11) is 0. The van der Waals surface area contributed by atoms with Gasteiger partial charge in [-0.3, -0.25) is 9.88 Å². The fraction of sp³-hybridized carbons (Fsp3) is 0.444. The minimum absolute atomic E-state index is 0.0291. The summed E-state index contributed by atoms with van der Waals surface area (Å²) < 4.78 is 5.28. The number of nitrogens with one attached hydrogen (secondary N) is 1.